The molecule has 0 aliphatic carbocycles. The molecule has 26 heavy (non-hydrogen) atoms. The van der Waals surface area contributed by atoms with E-state index in [9.17, 15) is 9.59 Å². The predicted octanol–water partition coefficient (Wildman–Crippen LogP) is 3.14. The summed E-state index contributed by atoms with van der Waals surface area (Å²) in [7, 11) is 0. The molecule has 140 valence electrons. The Bertz CT molecular complexity index is 678. The largest absolute Gasteiger partial charge is 0.461 e. The van der Waals surface area contributed by atoms with E-state index >= 15 is 0 Å². The molecule has 0 saturated carbocycles. The first-order valence-corrected chi connectivity index (χ1v) is 8.90. The van der Waals surface area contributed by atoms with Crippen molar-refractivity contribution in [3.63, 3.8) is 0 Å². The standard InChI is InChI=1S/C20H27N3O3/c1-5-8-13-26-19(24)17-14(4)21-20(25)22-18(17)15-9-11-16(12-10-15)23(6-2)7-3/h5,8-12,17-18H,4,6-7,13H2,1-3H3,(H2,21,22,25)/b8-5+/t17-,18+/m1/s1. The Balaban J connectivity index is 2.25. The molecule has 1 aromatic rings. The van der Waals surface area contributed by atoms with Gasteiger partial charge >= 0.3 is 12.0 Å². The van der Waals surface area contributed by atoms with Crippen molar-refractivity contribution in [3.05, 3.63) is 54.3 Å². The highest BCUT2D eigenvalue weighted by atomic mass is 16.5. The van der Waals surface area contributed by atoms with Crippen LogP contribution >= 0.6 is 0 Å². The van der Waals surface area contributed by atoms with Crippen LogP contribution in [0.3, 0.4) is 0 Å². The molecule has 2 N–H and O–H groups in total. The fourth-order valence-electron chi connectivity index (χ4n) is 3.04. The molecule has 0 radical (unpaired) electrons. The van der Waals surface area contributed by atoms with Gasteiger partial charge in [0.15, 0.2) is 0 Å². The zero-order chi connectivity index (χ0) is 19.1. The zero-order valence-electron chi connectivity index (χ0n) is 15.6. The normalized spacial score (nSPS) is 19.8. The molecule has 0 unspecified atom stereocenters. The monoisotopic (exact) mass is 357 g/mol. The number of hydrogen-bond acceptors (Lipinski definition) is 4. The molecule has 1 aliphatic rings. The zero-order valence-corrected chi connectivity index (χ0v) is 15.6. The van der Waals surface area contributed by atoms with E-state index in [-0.39, 0.29) is 12.6 Å². The third-order valence-corrected chi connectivity index (χ3v) is 4.46. The molecule has 2 rings (SSSR count). The molecule has 0 bridgehead atoms. The minimum Gasteiger partial charge on any atom is -0.461 e. The molecule has 1 fully saturated rings. The summed E-state index contributed by atoms with van der Waals surface area (Å²) in [6.07, 6.45) is 3.57. The van der Waals surface area contributed by atoms with E-state index in [1.807, 2.05) is 37.3 Å². The van der Waals surface area contributed by atoms with Crippen LogP contribution in [0.15, 0.2) is 48.7 Å². The highest BCUT2D eigenvalue weighted by Crippen LogP contribution is 2.31. The van der Waals surface area contributed by atoms with Crippen molar-refractivity contribution in [1.82, 2.24) is 10.6 Å². The Labute approximate surface area is 154 Å². The van der Waals surface area contributed by atoms with Gasteiger partial charge in [0, 0.05) is 24.5 Å². The van der Waals surface area contributed by atoms with Crippen LogP contribution in [0.4, 0.5) is 10.5 Å². The van der Waals surface area contributed by atoms with E-state index in [2.05, 4.69) is 36.0 Å². The highest BCUT2D eigenvalue weighted by molar-refractivity contribution is 5.85. The molecule has 2 atom stereocenters. The van der Waals surface area contributed by atoms with Crippen molar-refractivity contribution in [2.45, 2.75) is 26.8 Å². The molecule has 2 amide bonds. The van der Waals surface area contributed by atoms with E-state index in [1.165, 1.54) is 0 Å². The molecular formula is C20H27N3O3. The fourth-order valence-corrected chi connectivity index (χ4v) is 3.04. The number of rotatable bonds is 7. The van der Waals surface area contributed by atoms with Gasteiger partial charge in [-0.2, -0.15) is 0 Å². The number of benzene rings is 1. The summed E-state index contributed by atoms with van der Waals surface area (Å²) < 4.78 is 5.29. The second-order valence-corrected chi connectivity index (χ2v) is 6.04. The van der Waals surface area contributed by atoms with Crippen LogP contribution in [-0.2, 0) is 9.53 Å². The number of urea groups is 1. The minimum absolute atomic E-state index is 0.195. The molecule has 1 aromatic carbocycles. The average Bonchev–Trinajstić information content (AvgIpc) is 2.62. The molecule has 1 aliphatic heterocycles. The van der Waals surface area contributed by atoms with Crippen LogP contribution in [0.1, 0.15) is 32.4 Å². The second kappa shape index (κ2) is 9.08. The third kappa shape index (κ3) is 4.45. The number of nitrogens with zero attached hydrogens (tertiary/aromatic N) is 1. The van der Waals surface area contributed by atoms with Crippen LogP contribution in [0.5, 0.6) is 0 Å². The summed E-state index contributed by atoms with van der Waals surface area (Å²) in [6.45, 7) is 11.9. The molecule has 1 heterocycles. The predicted molar refractivity (Wildman–Crippen MR) is 103 cm³/mol. The fraction of sp³-hybridized carbons (Fsp3) is 0.400. The van der Waals surface area contributed by atoms with E-state index < -0.39 is 17.9 Å². The lowest BCUT2D eigenvalue weighted by atomic mass is 9.89. The maximum atomic E-state index is 12.5. The van der Waals surface area contributed by atoms with Crippen LogP contribution in [0.2, 0.25) is 0 Å². The van der Waals surface area contributed by atoms with Crippen molar-refractivity contribution in [3.8, 4) is 0 Å². The highest BCUT2D eigenvalue weighted by Gasteiger charge is 2.38. The molecule has 0 aromatic heterocycles. The smallest absolute Gasteiger partial charge is 0.319 e. The Kier molecular flexibility index (Phi) is 6.83. The first-order chi connectivity index (χ1) is 12.5. The first-order valence-electron chi connectivity index (χ1n) is 8.90. The van der Waals surface area contributed by atoms with Crippen molar-refractivity contribution in [2.75, 3.05) is 24.6 Å². The quantitative estimate of drug-likeness (QED) is 0.581. The lowest BCUT2D eigenvalue weighted by Crippen LogP contribution is -2.51. The number of hydrogen-bond donors (Lipinski definition) is 2. The number of carbonyl (C=O) groups excluding carboxylic acids is 2. The second-order valence-electron chi connectivity index (χ2n) is 6.04. The van der Waals surface area contributed by atoms with Crippen molar-refractivity contribution < 1.29 is 14.3 Å². The summed E-state index contributed by atoms with van der Waals surface area (Å²) in [6, 6.07) is 6.99. The van der Waals surface area contributed by atoms with Crippen molar-refractivity contribution in [2.24, 2.45) is 5.92 Å². The van der Waals surface area contributed by atoms with Gasteiger partial charge in [-0.05, 0) is 38.5 Å². The number of carbonyl (C=O) groups is 2. The third-order valence-electron chi connectivity index (χ3n) is 4.46. The Hall–Kier alpha value is -2.76. The molecule has 0 spiro atoms. The lowest BCUT2D eigenvalue weighted by Gasteiger charge is -2.33. The maximum Gasteiger partial charge on any atom is 0.319 e. The van der Waals surface area contributed by atoms with Gasteiger partial charge < -0.3 is 20.3 Å². The Morgan fingerprint density at radius 1 is 1.27 bits per heavy atom. The van der Waals surface area contributed by atoms with Crippen molar-refractivity contribution in [1.29, 1.82) is 0 Å². The number of amides is 2. The molecule has 1 saturated heterocycles. The average molecular weight is 357 g/mol. The SMILES string of the molecule is C=C1NC(=O)N[C@@H](c2ccc(N(CC)CC)cc2)[C@@H]1C(=O)OC/C=C/C. The van der Waals surface area contributed by atoms with Gasteiger partial charge in [-0.3, -0.25) is 4.79 Å². The number of anilines is 1. The van der Waals surface area contributed by atoms with E-state index in [1.54, 1.807) is 6.08 Å². The van der Waals surface area contributed by atoms with Gasteiger partial charge in [-0.15, -0.1) is 0 Å². The molecule has 6 heteroatoms. The Morgan fingerprint density at radius 3 is 2.50 bits per heavy atom. The molecular weight excluding hydrogens is 330 g/mol. The lowest BCUT2D eigenvalue weighted by molar-refractivity contribution is -0.147. The number of nitrogens with one attached hydrogen (secondary N) is 2. The molecule has 6 nitrogen and oxygen atoms in total. The summed E-state index contributed by atoms with van der Waals surface area (Å²) in [5.74, 6) is -1.10. The topological polar surface area (TPSA) is 70.7 Å². The van der Waals surface area contributed by atoms with Gasteiger partial charge in [0.2, 0.25) is 0 Å². The van der Waals surface area contributed by atoms with Gasteiger partial charge in [0.1, 0.15) is 12.5 Å². The minimum atomic E-state index is -0.683. The summed E-state index contributed by atoms with van der Waals surface area (Å²) in [5.41, 5.74) is 2.28. The van der Waals surface area contributed by atoms with Crippen LogP contribution < -0.4 is 15.5 Å². The number of ether oxygens (including phenoxy) is 1. The Morgan fingerprint density at radius 2 is 1.92 bits per heavy atom. The number of esters is 1. The summed E-state index contributed by atoms with van der Waals surface area (Å²) in [4.78, 5) is 26.7. The van der Waals surface area contributed by atoms with Crippen LogP contribution in [0, 0.1) is 5.92 Å². The maximum absolute atomic E-state index is 12.5. The summed E-state index contributed by atoms with van der Waals surface area (Å²) >= 11 is 0. The van der Waals surface area contributed by atoms with Crippen molar-refractivity contribution >= 4 is 17.7 Å². The van der Waals surface area contributed by atoms with Gasteiger partial charge in [-0.25, -0.2) is 4.79 Å². The van der Waals surface area contributed by atoms with E-state index in [0.717, 1.165) is 24.3 Å². The van der Waals surface area contributed by atoms with Gasteiger partial charge in [-0.1, -0.05) is 30.9 Å². The van der Waals surface area contributed by atoms with Crippen LogP contribution in [0.25, 0.3) is 0 Å². The van der Waals surface area contributed by atoms with Crippen LogP contribution in [-0.4, -0.2) is 31.7 Å². The van der Waals surface area contributed by atoms with E-state index in [4.69, 9.17) is 4.74 Å². The number of allylic oxidation sites excluding steroid dienone is 1. The first kappa shape index (κ1) is 19.6. The van der Waals surface area contributed by atoms with E-state index in [0.29, 0.717) is 5.70 Å². The van der Waals surface area contributed by atoms with Gasteiger partial charge in [0.25, 0.3) is 0 Å². The van der Waals surface area contributed by atoms with Gasteiger partial charge in [0.05, 0.1) is 6.04 Å². The summed E-state index contributed by atoms with van der Waals surface area (Å²) in [5, 5.41) is 5.39.